The summed E-state index contributed by atoms with van der Waals surface area (Å²) < 4.78 is 12.5. The number of rotatable bonds is 3. The molecule has 0 aromatic carbocycles. The molecule has 7 nitrogen and oxygen atoms in total. The van der Waals surface area contributed by atoms with E-state index in [9.17, 15) is 4.79 Å². The predicted octanol–water partition coefficient (Wildman–Crippen LogP) is 1.44. The molecule has 0 N–H and O–H groups in total. The van der Waals surface area contributed by atoms with E-state index < -0.39 is 0 Å². The highest BCUT2D eigenvalue weighted by atomic mass is 16.5. The summed E-state index contributed by atoms with van der Waals surface area (Å²) >= 11 is 0. The van der Waals surface area contributed by atoms with Crippen molar-refractivity contribution in [2.24, 2.45) is 0 Å². The first kappa shape index (κ1) is 15.5. The maximum absolute atomic E-state index is 12.2. The normalized spacial score (nSPS) is 17.8. The molecule has 2 aliphatic rings. The van der Waals surface area contributed by atoms with Crippen LogP contribution in [-0.4, -0.2) is 33.0 Å². The fourth-order valence-corrected chi connectivity index (χ4v) is 3.40. The molecular weight excluding hydrogens is 308 g/mol. The van der Waals surface area contributed by atoms with E-state index in [0.29, 0.717) is 13.2 Å². The summed E-state index contributed by atoms with van der Waals surface area (Å²) in [6.07, 6.45) is 1.64. The molecule has 4 rings (SSSR count). The van der Waals surface area contributed by atoms with Gasteiger partial charge in [-0.1, -0.05) is 5.16 Å². The lowest BCUT2D eigenvalue weighted by molar-refractivity contribution is 0.102. The first-order valence-electron chi connectivity index (χ1n) is 8.50. The Hall–Kier alpha value is -1.99. The molecule has 0 unspecified atom stereocenters. The summed E-state index contributed by atoms with van der Waals surface area (Å²) in [4.78, 5) is 14.5. The molecule has 0 atom stereocenters. The fourth-order valence-electron chi connectivity index (χ4n) is 3.40. The lowest BCUT2D eigenvalue weighted by Gasteiger charge is -2.28. The van der Waals surface area contributed by atoms with E-state index in [4.69, 9.17) is 9.26 Å². The molecule has 0 radical (unpaired) electrons. The lowest BCUT2D eigenvalue weighted by atomic mass is 10.1. The van der Waals surface area contributed by atoms with Gasteiger partial charge in [0, 0.05) is 44.1 Å². The molecule has 0 amide bonds. The average Bonchev–Trinajstić information content (AvgIpc) is 2.97. The summed E-state index contributed by atoms with van der Waals surface area (Å²) in [7, 11) is 0. The second-order valence-corrected chi connectivity index (χ2v) is 6.79. The highest BCUT2D eigenvalue weighted by molar-refractivity contribution is 5.25. The summed E-state index contributed by atoms with van der Waals surface area (Å²) in [6, 6.07) is 1.82. The van der Waals surface area contributed by atoms with Gasteiger partial charge in [0.05, 0.1) is 24.9 Å². The smallest absolute Gasteiger partial charge is 0.267 e. The summed E-state index contributed by atoms with van der Waals surface area (Å²) in [5.41, 5.74) is 4.08. The molecule has 0 spiro atoms. The van der Waals surface area contributed by atoms with Crippen molar-refractivity contribution < 1.29 is 9.26 Å². The van der Waals surface area contributed by atoms with E-state index in [1.807, 2.05) is 13.8 Å². The van der Waals surface area contributed by atoms with Gasteiger partial charge in [-0.25, -0.2) is 4.68 Å². The molecule has 128 valence electrons. The van der Waals surface area contributed by atoms with E-state index in [2.05, 4.69) is 15.2 Å². The maximum atomic E-state index is 12.2. The Bertz CT molecular complexity index is 809. The highest BCUT2D eigenvalue weighted by Crippen LogP contribution is 2.24. The first-order valence-corrected chi connectivity index (χ1v) is 8.50. The van der Waals surface area contributed by atoms with Crippen LogP contribution in [0, 0.1) is 0 Å². The van der Waals surface area contributed by atoms with Gasteiger partial charge < -0.3 is 9.26 Å². The largest absolute Gasteiger partial charge is 0.376 e. The van der Waals surface area contributed by atoms with Gasteiger partial charge in [0.1, 0.15) is 11.5 Å². The minimum atomic E-state index is -0.0298. The molecule has 2 aromatic heterocycles. The first-order chi connectivity index (χ1) is 11.6. The topological polar surface area (TPSA) is 73.4 Å². The number of hydrogen-bond donors (Lipinski definition) is 0. The van der Waals surface area contributed by atoms with Crippen molar-refractivity contribution in [3.05, 3.63) is 44.7 Å². The van der Waals surface area contributed by atoms with Gasteiger partial charge >= 0.3 is 0 Å². The van der Waals surface area contributed by atoms with Gasteiger partial charge in [0.15, 0.2) is 0 Å². The van der Waals surface area contributed by atoms with Crippen molar-refractivity contribution in [2.75, 3.05) is 13.2 Å². The van der Waals surface area contributed by atoms with Crippen LogP contribution in [0.5, 0.6) is 0 Å². The SMILES string of the molecule is CC(C)n1nc2c(cc1=O)CN(Cc1noc3c1COCC3)CC2. The van der Waals surface area contributed by atoms with Crippen molar-refractivity contribution in [3.8, 4) is 0 Å². The molecular formula is C17H22N4O3. The van der Waals surface area contributed by atoms with Crippen LogP contribution in [0.3, 0.4) is 0 Å². The molecule has 4 heterocycles. The minimum absolute atomic E-state index is 0.0298. The van der Waals surface area contributed by atoms with Gasteiger partial charge in [0.25, 0.3) is 5.56 Å². The van der Waals surface area contributed by atoms with E-state index >= 15 is 0 Å². The Morgan fingerprint density at radius 1 is 1.33 bits per heavy atom. The third kappa shape index (κ3) is 2.78. The molecule has 0 bridgehead atoms. The third-order valence-corrected chi connectivity index (χ3v) is 4.71. The standard InChI is InChI=1S/C17H22N4O3/c1-11(2)21-17(22)7-12-8-20(5-3-14(12)18-21)9-15-13-10-23-6-4-16(13)24-19-15/h7,11H,3-6,8-10H2,1-2H3. The van der Waals surface area contributed by atoms with Gasteiger partial charge in [-0.05, 0) is 19.4 Å². The molecule has 2 aliphatic heterocycles. The van der Waals surface area contributed by atoms with Crippen LogP contribution < -0.4 is 5.56 Å². The van der Waals surface area contributed by atoms with E-state index in [1.54, 1.807) is 10.7 Å². The Kier molecular flexibility index (Phi) is 3.97. The maximum Gasteiger partial charge on any atom is 0.267 e. The zero-order valence-electron chi connectivity index (χ0n) is 14.1. The van der Waals surface area contributed by atoms with Gasteiger partial charge in [-0.15, -0.1) is 0 Å². The van der Waals surface area contributed by atoms with Gasteiger partial charge in [-0.3, -0.25) is 9.69 Å². The average molecular weight is 330 g/mol. The van der Waals surface area contributed by atoms with Crippen LogP contribution in [0.25, 0.3) is 0 Å². The summed E-state index contributed by atoms with van der Waals surface area (Å²) in [5, 5.41) is 8.76. The van der Waals surface area contributed by atoms with Crippen molar-refractivity contribution >= 4 is 0 Å². The van der Waals surface area contributed by atoms with E-state index in [0.717, 1.165) is 60.8 Å². The highest BCUT2D eigenvalue weighted by Gasteiger charge is 2.24. The zero-order valence-corrected chi connectivity index (χ0v) is 14.1. The predicted molar refractivity (Wildman–Crippen MR) is 86.6 cm³/mol. The number of hydrogen-bond acceptors (Lipinski definition) is 6. The van der Waals surface area contributed by atoms with Crippen LogP contribution in [0.15, 0.2) is 15.4 Å². The second-order valence-electron chi connectivity index (χ2n) is 6.79. The molecule has 0 saturated carbocycles. The van der Waals surface area contributed by atoms with Crippen LogP contribution >= 0.6 is 0 Å². The van der Waals surface area contributed by atoms with Crippen molar-refractivity contribution in [1.29, 1.82) is 0 Å². The van der Waals surface area contributed by atoms with Gasteiger partial charge in [0.2, 0.25) is 0 Å². The molecule has 0 aliphatic carbocycles. The number of fused-ring (bicyclic) bond motifs is 2. The van der Waals surface area contributed by atoms with Crippen molar-refractivity contribution in [2.45, 2.75) is 52.4 Å². The van der Waals surface area contributed by atoms with Crippen molar-refractivity contribution in [3.63, 3.8) is 0 Å². The van der Waals surface area contributed by atoms with Crippen LogP contribution in [0.1, 0.15) is 48.2 Å². The Labute approximate surface area is 140 Å². The minimum Gasteiger partial charge on any atom is -0.376 e. The Morgan fingerprint density at radius 3 is 3.04 bits per heavy atom. The number of nitrogens with zero attached hydrogens (tertiary/aromatic N) is 4. The van der Waals surface area contributed by atoms with Crippen LogP contribution in [0.2, 0.25) is 0 Å². The molecule has 24 heavy (non-hydrogen) atoms. The Balaban J connectivity index is 1.53. The number of aromatic nitrogens is 3. The molecule has 0 fully saturated rings. The van der Waals surface area contributed by atoms with E-state index in [1.165, 1.54) is 0 Å². The monoisotopic (exact) mass is 330 g/mol. The van der Waals surface area contributed by atoms with Crippen LogP contribution in [-0.2, 0) is 37.3 Å². The second kappa shape index (κ2) is 6.14. The third-order valence-electron chi connectivity index (χ3n) is 4.71. The summed E-state index contributed by atoms with van der Waals surface area (Å²) in [6.45, 7) is 7.58. The Morgan fingerprint density at radius 2 is 2.21 bits per heavy atom. The molecule has 7 heteroatoms. The van der Waals surface area contributed by atoms with E-state index in [-0.39, 0.29) is 11.6 Å². The summed E-state index contributed by atoms with van der Waals surface area (Å²) in [5.74, 6) is 0.954. The van der Waals surface area contributed by atoms with Crippen molar-refractivity contribution in [1.82, 2.24) is 19.8 Å². The van der Waals surface area contributed by atoms with Gasteiger partial charge in [-0.2, -0.15) is 5.10 Å². The quantitative estimate of drug-likeness (QED) is 0.848. The zero-order chi connectivity index (χ0) is 16.7. The molecule has 0 saturated heterocycles. The lowest BCUT2D eigenvalue weighted by Crippen LogP contribution is -2.35. The fraction of sp³-hybridized carbons (Fsp3) is 0.588. The molecule has 2 aromatic rings. The van der Waals surface area contributed by atoms with Crippen LogP contribution in [0.4, 0.5) is 0 Å². The number of ether oxygens (including phenoxy) is 1.